The van der Waals surface area contributed by atoms with Crippen LogP contribution in [0.25, 0.3) is 0 Å². The number of rotatable bonds is 6. The molecule has 0 bridgehead atoms. The number of ketones is 1. The minimum atomic E-state index is -0.406. The molecule has 0 spiro atoms. The van der Waals surface area contributed by atoms with Crippen molar-refractivity contribution in [3.8, 4) is 0 Å². The van der Waals surface area contributed by atoms with Crippen LogP contribution in [-0.4, -0.2) is 23.5 Å². The van der Waals surface area contributed by atoms with Crippen LogP contribution >= 0.6 is 11.8 Å². The first kappa shape index (κ1) is 16.6. The lowest BCUT2D eigenvalue weighted by atomic mass is 10.0. The van der Waals surface area contributed by atoms with E-state index in [1.54, 1.807) is 0 Å². The van der Waals surface area contributed by atoms with Crippen LogP contribution in [0.3, 0.4) is 0 Å². The molecule has 0 aliphatic heterocycles. The molecular weight excluding hydrogens is 272 g/mol. The summed E-state index contributed by atoms with van der Waals surface area (Å²) in [7, 11) is 0. The highest BCUT2D eigenvalue weighted by atomic mass is 32.2. The number of carbonyl (C=O) groups excluding carboxylic acids is 2. The summed E-state index contributed by atoms with van der Waals surface area (Å²) in [6.45, 7) is 7.27. The van der Waals surface area contributed by atoms with E-state index in [4.69, 9.17) is 5.73 Å². The fourth-order valence-corrected chi connectivity index (χ4v) is 2.65. The number of amides is 1. The van der Waals surface area contributed by atoms with Gasteiger partial charge in [0.15, 0.2) is 5.78 Å². The number of anilines is 1. The standard InChI is InChI=1S/C15H22N2O2S/c1-9(2)15(11(4)18)17-14(19)8-20-12-5-6-13(16)10(3)7-12/h5-7,9,15H,8,16H2,1-4H3,(H,17,19). The molecule has 0 fully saturated rings. The number of thioether (sulfide) groups is 1. The first-order valence-electron chi connectivity index (χ1n) is 6.60. The van der Waals surface area contributed by atoms with E-state index < -0.39 is 6.04 Å². The highest BCUT2D eigenvalue weighted by Gasteiger charge is 2.20. The van der Waals surface area contributed by atoms with E-state index in [1.165, 1.54) is 18.7 Å². The Kier molecular flexibility index (Phi) is 6.07. The van der Waals surface area contributed by atoms with Gasteiger partial charge >= 0.3 is 0 Å². The van der Waals surface area contributed by atoms with E-state index >= 15 is 0 Å². The number of Topliss-reactive ketones (excluding diaryl/α,β-unsaturated/α-hetero) is 1. The SMILES string of the molecule is CC(=O)C(NC(=O)CSc1ccc(N)c(C)c1)C(C)C. The van der Waals surface area contributed by atoms with Crippen molar-refractivity contribution in [3.63, 3.8) is 0 Å². The minimum Gasteiger partial charge on any atom is -0.399 e. The predicted octanol–water partition coefficient (Wildman–Crippen LogP) is 2.40. The van der Waals surface area contributed by atoms with Gasteiger partial charge in [0.2, 0.25) is 5.91 Å². The highest BCUT2D eigenvalue weighted by molar-refractivity contribution is 8.00. The molecule has 110 valence electrons. The van der Waals surface area contributed by atoms with Crippen molar-refractivity contribution < 1.29 is 9.59 Å². The molecule has 0 saturated heterocycles. The van der Waals surface area contributed by atoms with Crippen LogP contribution in [0.4, 0.5) is 5.69 Å². The Balaban J connectivity index is 2.54. The van der Waals surface area contributed by atoms with Gasteiger partial charge in [-0.3, -0.25) is 9.59 Å². The molecule has 1 amide bonds. The molecule has 1 rings (SSSR count). The summed E-state index contributed by atoms with van der Waals surface area (Å²) in [6, 6.07) is 5.28. The van der Waals surface area contributed by atoms with E-state index in [9.17, 15) is 9.59 Å². The lowest BCUT2D eigenvalue weighted by Gasteiger charge is -2.19. The summed E-state index contributed by atoms with van der Waals surface area (Å²) in [5.74, 6) is 0.250. The normalized spacial score (nSPS) is 12.2. The van der Waals surface area contributed by atoms with E-state index in [2.05, 4.69) is 5.32 Å². The molecule has 0 saturated carbocycles. The van der Waals surface area contributed by atoms with Crippen LogP contribution in [-0.2, 0) is 9.59 Å². The predicted molar refractivity (Wildman–Crippen MR) is 83.8 cm³/mol. The van der Waals surface area contributed by atoms with Crippen molar-refractivity contribution >= 4 is 29.1 Å². The van der Waals surface area contributed by atoms with Gasteiger partial charge < -0.3 is 11.1 Å². The Morgan fingerprint density at radius 1 is 1.35 bits per heavy atom. The summed E-state index contributed by atoms with van der Waals surface area (Å²) < 4.78 is 0. The Morgan fingerprint density at radius 3 is 2.50 bits per heavy atom. The first-order chi connectivity index (χ1) is 9.31. The van der Waals surface area contributed by atoms with Gasteiger partial charge in [0, 0.05) is 10.6 Å². The molecule has 5 heteroatoms. The molecule has 1 aromatic carbocycles. The van der Waals surface area contributed by atoms with Crippen molar-refractivity contribution in [1.29, 1.82) is 0 Å². The van der Waals surface area contributed by atoms with Gasteiger partial charge in [-0.05, 0) is 43.5 Å². The molecular formula is C15H22N2O2S. The highest BCUT2D eigenvalue weighted by Crippen LogP contribution is 2.22. The smallest absolute Gasteiger partial charge is 0.230 e. The second-order valence-electron chi connectivity index (χ2n) is 5.21. The largest absolute Gasteiger partial charge is 0.399 e. The van der Waals surface area contributed by atoms with E-state index in [0.29, 0.717) is 5.75 Å². The zero-order valence-electron chi connectivity index (χ0n) is 12.4. The Morgan fingerprint density at radius 2 is 2.00 bits per heavy atom. The third-order valence-corrected chi connectivity index (χ3v) is 4.03. The fraction of sp³-hybridized carbons (Fsp3) is 0.467. The zero-order chi connectivity index (χ0) is 15.3. The number of nitrogen functional groups attached to an aromatic ring is 1. The molecule has 0 aliphatic carbocycles. The Labute approximate surface area is 124 Å². The average molecular weight is 294 g/mol. The number of hydrogen-bond donors (Lipinski definition) is 2. The fourth-order valence-electron chi connectivity index (χ4n) is 1.84. The van der Waals surface area contributed by atoms with E-state index in [1.807, 2.05) is 39.0 Å². The summed E-state index contributed by atoms with van der Waals surface area (Å²) in [5.41, 5.74) is 7.50. The van der Waals surface area contributed by atoms with Gasteiger partial charge in [-0.15, -0.1) is 11.8 Å². The maximum Gasteiger partial charge on any atom is 0.230 e. The molecule has 0 heterocycles. The second-order valence-corrected chi connectivity index (χ2v) is 6.26. The first-order valence-corrected chi connectivity index (χ1v) is 7.58. The lowest BCUT2D eigenvalue weighted by molar-refractivity contribution is -0.126. The number of hydrogen-bond acceptors (Lipinski definition) is 4. The molecule has 0 aromatic heterocycles. The molecule has 20 heavy (non-hydrogen) atoms. The third kappa shape index (κ3) is 4.89. The van der Waals surface area contributed by atoms with Gasteiger partial charge in [0.05, 0.1) is 11.8 Å². The Bertz CT molecular complexity index is 501. The molecule has 1 atom stereocenters. The number of nitrogens with two attached hydrogens (primary N) is 1. The van der Waals surface area contributed by atoms with Gasteiger partial charge in [-0.25, -0.2) is 0 Å². The van der Waals surface area contributed by atoms with Gasteiger partial charge in [-0.1, -0.05) is 13.8 Å². The maximum absolute atomic E-state index is 11.9. The molecule has 0 aliphatic rings. The van der Waals surface area contributed by atoms with Crippen LogP contribution in [0.1, 0.15) is 26.3 Å². The summed E-state index contributed by atoms with van der Waals surface area (Å²) >= 11 is 1.44. The van der Waals surface area contributed by atoms with Crippen molar-refractivity contribution in [2.24, 2.45) is 5.92 Å². The van der Waals surface area contributed by atoms with Crippen LogP contribution in [0.15, 0.2) is 23.1 Å². The van der Waals surface area contributed by atoms with Gasteiger partial charge in [0.1, 0.15) is 0 Å². The van der Waals surface area contributed by atoms with Gasteiger partial charge in [-0.2, -0.15) is 0 Å². The van der Waals surface area contributed by atoms with Crippen LogP contribution in [0.2, 0.25) is 0 Å². The van der Waals surface area contributed by atoms with E-state index in [0.717, 1.165) is 16.1 Å². The number of nitrogens with one attached hydrogen (secondary N) is 1. The molecule has 4 nitrogen and oxygen atoms in total. The topological polar surface area (TPSA) is 72.2 Å². The lowest BCUT2D eigenvalue weighted by Crippen LogP contribution is -2.44. The summed E-state index contributed by atoms with van der Waals surface area (Å²) in [6.07, 6.45) is 0. The molecule has 1 unspecified atom stereocenters. The number of carbonyl (C=O) groups is 2. The van der Waals surface area contributed by atoms with Crippen LogP contribution < -0.4 is 11.1 Å². The summed E-state index contributed by atoms with van der Waals surface area (Å²) in [5, 5.41) is 2.78. The molecule has 1 aromatic rings. The van der Waals surface area contributed by atoms with Gasteiger partial charge in [0.25, 0.3) is 0 Å². The monoisotopic (exact) mass is 294 g/mol. The second kappa shape index (κ2) is 7.33. The number of benzene rings is 1. The maximum atomic E-state index is 11.9. The average Bonchev–Trinajstić information content (AvgIpc) is 2.36. The minimum absolute atomic E-state index is 0.0123. The zero-order valence-corrected chi connectivity index (χ0v) is 13.2. The van der Waals surface area contributed by atoms with Crippen molar-refractivity contribution in [2.75, 3.05) is 11.5 Å². The van der Waals surface area contributed by atoms with Crippen molar-refractivity contribution in [3.05, 3.63) is 23.8 Å². The Hall–Kier alpha value is -1.49. The van der Waals surface area contributed by atoms with Crippen molar-refractivity contribution in [2.45, 2.75) is 38.6 Å². The van der Waals surface area contributed by atoms with E-state index in [-0.39, 0.29) is 17.6 Å². The third-order valence-electron chi connectivity index (χ3n) is 3.03. The van der Waals surface area contributed by atoms with Crippen LogP contribution in [0.5, 0.6) is 0 Å². The molecule has 0 radical (unpaired) electrons. The summed E-state index contributed by atoms with van der Waals surface area (Å²) in [4.78, 5) is 24.3. The molecule has 3 N–H and O–H groups in total. The quantitative estimate of drug-likeness (QED) is 0.624. The van der Waals surface area contributed by atoms with Crippen molar-refractivity contribution in [1.82, 2.24) is 5.32 Å². The number of aryl methyl sites for hydroxylation is 1. The van der Waals surface area contributed by atoms with Crippen LogP contribution in [0, 0.1) is 12.8 Å².